The first-order valence-electron chi connectivity index (χ1n) is 10.1. The Labute approximate surface area is 171 Å². The van der Waals surface area contributed by atoms with Crippen LogP contribution in [0.1, 0.15) is 28.9 Å². The number of hydrogen-bond acceptors (Lipinski definition) is 5. The second-order valence-electron chi connectivity index (χ2n) is 7.85. The molecule has 1 atom stereocenters. The maximum Gasteiger partial charge on any atom is 0.128 e. The molecule has 152 valence electrons. The second kappa shape index (κ2) is 8.35. The van der Waals surface area contributed by atoms with E-state index in [0.717, 1.165) is 60.0 Å². The molecule has 3 heterocycles. The lowest BCUT2D eigenvalue weighted by Gasteiger charge is -2.17. The molecule has 1 N–H and O–H groups in total. The highest BCUT2D eigenvalue weighted by Gasteiger charge is 2.20. The van der Waals surface area contributed by atoms with Gasteiger partial charge in [-0.25, -0.2) is 0 Å². The van der Waals surface area contributed by atoms with Crippen LogP contribution in [-0.4, -0.2) is 51.1 Å². The van der Waals surface area contributed by atoms with Gasteiger partial charge in [0.05, 0.1) is 31.1 Å². The van der Waals surface area contributed by atoms with Crippen LogP contribution < -0.4 is 4.74 Å². The summed E-state index contributed by atoms with van der Waals surface area (Å²) in [6.07, 6.45) is 2.56. The number of aliphatic hydroxyl groups is 1. The van der Waals surface area contributed by atoms with Crippen LogP contribution in [0.3, 0.4) is 0 Å². The Hall–Kier alpha value is -2.70. The van der Waals surface area contributed by atoms with Crippen molar-refractivity contribution in [1.82, 2.24) is 19.7 Å². The summed E-state index contributed by atoms with van der Waals surface area (Å²) in [6.45, 7) is 7.28. The zero-order chi connectivity index (χ0) is 20.4. The van der Waals surface area contributed by atoms with Gasteiger partial charge in [0.1, 0.15) is 5.75 Å². The fourth-order valence-electron chi connectivity index (χ4n) is 3.95. The molecule has 0 spiro atoms. The number of pyridine rings is 1. The summed E-state index contributed by atoms with van der Waals surface area (Å²) >= 11 is 0. The minimum absolute atomic E-state index is 0.204. The lowest BCUT2D eigenvalue weighted by molar-refractivity contribution is 0.175. The number of aliphatic hydroxyl groups excluding tert-OH is 1. The third kappa shape index (κ3) is 4.49. The molecule has 0 unspecified atom stereocenters. The first-order valence-corrected chi connectivity index (χ1v) is 10.1. The van der Waals surface area contributed by atoms with E-state index >= 15 is 0 Å². The van der Waals surface area contributed by atoms with E-state index in [1.54, 1.807) is 7.11 Å². The van der Waals surface area contributed by atoms with Crippen LogP contribution in [0.15, 0.2) is 42.6 Å². The molecule has 3 aromatic rings. The fraction of sp³-hybridized carbons (Fsp3) is 0.391. The number of ether oxygens (including phenoxy) is 1. The van der Waals surface area contributed by atoms with Gasteiger partial charge in [-0.15, -0.1) is 0 Å². The maximum atomic E-state index is 9.76. The van der Waals surface area contributed by atoms with E-state index in [1.807, 2.05) is 29.9 Å². The van der Waals surface area contributed by atoms with E-state index in [-0.39, 0.29) is 6.10 Å². The molecule has 0 amide bonds. The van der Waals surface area contributed by atoms with Crippen molar-refractivity contribution in [1.29, 1.82) is 0 Å². The van der Waals surface area contributed by atoms with Crippen LogP contribution in [0.4, 0.5) is 0 Å². The van der Waals surface area contributed by atoms with E-state index in [1.165, 1.54) is 5.56 Å². The van der Waals surface area contributed by atoms with Gasteiger partial charge in [0.2, 0.25) is 0 Å². The van der Waals surface area contributed by atoms with Crippen molar-refractivity contribution in [3.05, 3.63) is 65.1 Å². The van der Waals surface area contributed by atoms with Crippen molar-refractivity contribution in [2.24, 2.45) is 0 Å². The zero-order valence-corrected chi connectivity index (χ0v) is 17.3. The van der Waals surface area contributed by atoms with Gasteiger partial charge in [-0.1, -0.05) is 12.1 Å². The fourth-order valence-corrected chi connectivity index (χ4v) is 3.95. The number of nitrogens with zero attached hydrogens (tertiary/aromatic N) is 4. The molecule has 6 nitrogen and oxygen atoms in total. The maximum absolute atomic E-state index is 9.76. The summed E-state index contributed by atoms with van der Waals surface area (Å²) < 4.78 is 7.58. The smallest absolute Gasteiger partial charge is 0.128 e. The average molecular weight is 393 g/mol. The minimum Gasteiger partial charge on any atom is -0.496 e. The van der Waals surface area contributed by atoms with Crippen molar-refractivity contribution >= 4 is 0 Å². The molecule has 2 aromatic heterocycles. The summed E-state index contributed by atoms with van der Waals surface area (Å²) in [5.41, 5.74) is 6.36. The first kappa shape index (κ1) is 19.6. The summed E-state index contributed by atoms with van der Waals surface area (Å²) in [4.78, 5) is 6.98. The topological polar surface area (TPSA) is 63.4 Å². The Morgan fingerprint density at radius 3 is 2.55 bits per heavy atom. The molecule has 0 bridgehead atoms. The van der Waals surface area contributed by atoms with Gasteiger partial charge in [0.25, 0.3) is 0 Å². The summed E-state index contributed by atoms with van der Waals surface area (Å²) in [7, 11) is 1.69. The largest absolute Gasteiger partial charge is 0.496 e. The first-order chi connectivity index (χ1) is 14.0. The summed E-state index contributed by atoms with van der Waals surface area (Å²) in [6, 6.07) is 12.5. The number of methoxy groups -OCH3 is 1. The lowest BCUT2D eigenvalue weighted by atomic mass is 10.0. The predicted octanol–water partition coefficient (Wildman–Crippen LogP) is 3.19. The van der Waals surface area contributed by atoms with Crippen LogP contribution in [0.5, 0.6) is 5.75 Å². The van der Waals surface area contributed by atoms with Gasteiger partial charge < -0.3 is 9.84 Å². The van der Waals surface area contributed by atoms with E-state index in [9.17, 15) is 5.11 Å². The molecule has 4 rings (SSSR count). The highest BCUT2D eigenvalue weighted by atomic mass is 16.5. The third-order valence-corrected chi connectivity index (χ3v) is 5.45. The van der Waals surface area contributed by atoms with Crippen LogP contribution in [-0.2, 0) is 13.1 Å². The molecule has 1 aliphatic rings. The van der Waals surface area contributed by atoms with Gasteiger partial charge >= 0.3 is 0 Å². The molecule has 0 aliphatic carbocycles. The second-order valence-corrected chi connectivity index (χ2v) is 7.85. The average Bonchev–Trinajstić information content (AvgIpc) is 3.26. The van der Waals surface area contributed by atoms with Crippen molar-refractivity contribution in [3.8, 4) is 17.0 Å². The number of β-amino-alcohol motifs (C(OH)–C–C–N with tert-alkyl or cyclic N) is 1. The molecule has 1 fully saturated rings. The Balaban J connectivity index is 1.54. The van der Waals surface area contributed by atoms with Crippen LogP contribution in [0.2, 0.25) is 0 Å². The molecule has 1 saturated heterocycles. The van der Waals surface area contributed by atoms with Gasteiger partial charge in [-0.2, -0.15) is 5.10 Å². The van der Waals surface area contributed by atoms with Crippen molar-refractivity contribution in [3.63, 3.8) is 0 Å². The summed E-state index contributed by atoms with van der Waals surface area (Å²) in [5, 5.41) is 14.3. The van der Waals surface area contributed by atoms with Gasteiger partial charge in [-0.05, 0) is 55.7 Å². The number of aromatic nitrogens is 3. The highest BCUT2D eigenvalue weighted by Crippen LogP contribution is 2.30. The quantitative estimate of drug-likeness (QED) is 0.698. The predicted molar refractivity (Wildman–Crippen MR) is 113 cm³/mol. The number of likely N-dealkylation sites (tertiary alicyclic amines) is 1. The van der Waals surface area contributed by atoms with Gasteiger partial charge in [-0.3, -0.25) is 14.6 Å². The van der Waals surface area contributed by atoms with E-state index in [2.05, 4.69) is 41.2 Å². The molecule has 0 saturated carbocycles. The van der Waals surface area contributed by atoms with Gasteiger partial charge in [0, 0.05) is 37.1 Å². The number of rotatable bonds is 6. The molecule has 1 aliphatic heterocycles. The minimum atomic E-state index is -0.204. The number of aryl methyl sites for hydroxylation is 2. The Bertz CT molecular complexity index is 981. The Morgan fingerprint density at radius 2 is 1.93 bits per heavy atom. The van der Waals surface area contributed by atoms with Crippen molar-refractivity contribution in [2.45, 2.75) is 39.5 Å². The molecule has 6 heteroatoms. The Morgan fingerprint density at radius 1 is 1.10 bits per heavy atom. The summed E-state index contributed by atoms with van der Waals surface area (Å²) in [5.74, 6) is 0.814. The van der Waals surface area contributed by atoms with Crippen molar-refractivity contribution < 1.29 is 9.84 Å². The molecule has 0 radical (unpaired) electrons. The Kier molecular flexibility index (Phi) is 5.65. The molecule has 1 aromatic carbocycles. The van der Waals surface area contributed by atoms with Crippen LogP contribution in [0, 0.1) is 13.8 Å². The van der Waals surface area contributed by atoms with Crippen molar-refractivity contribution in [2.75, 3.05) is 20.2 Å². The van der Waals surface area contributed by atoms with E-state index in [4.69, 9.17) is 9.72 Å². The zero-order valence-electron chi connectivity index (χ0n) is 17.3. The standard InChI is InChI=1S/C23H28N4O2/c1-16-10-17(2)27(25-16)14-19-4-6-22(24-12-19)21-11-18(5-7-23(21)29-3)13-26-9-8-20(28)15-26/h4-7,10-12,20,28H,8-9,13-15H2,1-3H3/t20-/m1/s1. The van der Waals surface area contributed by atoms with Crippen LogP contribution in [0.25, 0.3) is 11.3 Å². The van der Waals surface area contributed by atoms with Crippen LogP contribution >= 0.6 is 0 Å². The highest BCUT2D eigenvalue weighted by molar-refractivity contribution is 5.68. The number of benzene rings is 1. The lowest BCUT2D eigenvalue weighted by Crippen LogP contribution is -2.21. The third-order valence-electron chi connectivity index (χ3n) is 5.45. The normalized spacial score (nSPS) is 17.0. The number of hydrogen-bond donors (Lipinski definition) is 1. The molecular formula is C23H28N4O2. The molecule has 29 heavy (non-hydrogen) atoms. The SMILES string of the molecule is COc1ccc(CN2CC[C@@H](O)C2)cc1-c1ccc(Cn2nc(C)cc2C)cn1. The molecular weight excluding hydrogens is 364 g/mol. The monoisotopic (exact) mass is 392 g/mol. The van der Waals surface area contributed by atoms with E-state index in [0.29, 0.717) is 6.54 Å². The van der Waals surface area contributed by atoms with E-state index < -0.39 is 0 Å². The van der Waals surface area contributed by atoms with Gasteiger partial charge in [0.15, 0.2) is 0 Å².